The molecule has 0 fully saturated rings. The van der Waals surface area contributed by atoms with Crippen molar-refractivity contribution in [1.29, 1.82) is 0 Å². The second-order valence-corrected chi connectivity index (χ2v) is 19.3. The molecule has 322 valence electrons. The van der Waals surface area contributed by atoms with Gasteiger partial charge in [-0.05, 0) is 162 Å². The van der Waals surface area contributed by atoms with E-state index in [0.29, 0.717) is 0 Å². The Balaban J connectivity index is 0.982. The van der Waals surface area contributed by atoms with Gasteiger partial charge in [0.1, 0.15) is 11.2 Å². The minimum Gasteiger partial charge on any atom is -0.456 e. The third kappa shape index (κ3) is 4.86. The van der Waals surface area contributed by atoms with E-state index in [1.807, 2.05) is 6.07 Å². The summed E-state index contributed by atoms with van der Waals surface area (Å²) in [6.45, 7) is 0. The van der Waals surface area contributed by atoms with E-state index in [4.69, 9.17) is 4.42 Å². The molecule has 1 heterocycles. The molecule has 0 bridgehead atoms. The molecule has 0 N–H and O–H groups in total. The highest BCUT2D eigenvalue weighted by Crippen LogP contribution is 2.67. The summed E-state index contributed by atoms with van der Waals surface area (Å²) in [4.78, 5) is 0. The maximum atomic E-state index is 6.30. The van der Waals surface area contributed by atoms with E-state index in [0.717, 1.165) is 21.9 Å². The summed E-state index contributed by atoms with van der Waals surface area (Å²) >= 11 is 0. The van der Waals surface area contributed by atoms with Gasteiger partial charge in [0.15, 0.2) is 0 Å². The second-order valence-electron chi connectivity index (χ2n) is 19.3. The zero-order valence-corrected chi connectivity index (χ0v) is 38.0. The molecule has 0 atom stereocenters. The van der Waals surface area contributed by atoms with Gasteiger partial charge in [0.05, 0.1) is 5.41 Å². The molecule has 0 saturated carbocycles. The number of para-hydroxylation sites is 1. The zero-order chi connectivity index (χ0) is 45.7. The predicted octanol–water partition coefficient (Wildman–Crippen LogP) is 18.7. The molecule has 0 aliphatic heterocycles. The zero-order valence-electron chi connectivity index (χ0n) is 38.0. The minimum absolute atomic E-state index is 0.531. The number of hydrogen-bond donors (Lipinski definition) is 0. The lowest BCUT2D eigenvalue weighted by atomic mass is 9.68. The van der Waals surface area contributed by atoms with Crippen LogP contribution < -0.4 is 0 Å². The maximum Gasteiger partial charge on any atom is 0.135 e. The lowest BCUT2D eigenvalue weighted by molar-refractivity contribution is 0.669. The van der Waals surface area contributed by atoms with E-state index >= 15 is 0 Å². The molecule has 1 spiro atoms. The van der Waals surface area contributed by atoms with E-state index in [1.165, 1.54) is 132 Å². The van der Waals surface area contributed by atoms with Crippen LogP contribution >= 0.6 is 0 Å². The quantitative estimate of drug-likeness (QED) is 0.127. The van der Waals surface area contributed by atoms with Gasteiger partial charge < -0.3 is 4.42 Å². The Hall–Kier alpha value is -9.04. The minimum atomic E-state index is -0.531. The van der Waals surface area contributed by atoms with Crippen LogP contribution in [-0.2, 0) is 5.41 Å². The second kappa shape index (κ2) is 14.0. The molecule has 0 amide bonds. The molecule has 13 aromatic carbocycles. The molecule has 14 aromatic rings. The van der Waals surface area contributed by atoms with Crippen molar-refractivity contribution < 1.29 is 4.42 Å². The molecule has 0 saturated heterocycles. The first kappa shape index (κ1) is 38.0. The van der Waals surface area contributed by atoms with Crippen molar-refractivity contribution in [3.63, 3.8) is 0 Å². The molecule has 2 aliphatic rings. The van der Waals surface area contributed by atoms with E-state index in [9.17, 15) is 0 Å². The number of hydrogen-bond acceptors (Lipinski definition) is 1. The van der Waals surface area contributed by atoms with Crippen LogP contribution in [0.15, 0.2) is 247 Å². The Bertz CT molecular complexity index is 4500. The normalized spacial score (nSPS) is 13.3. The van der Waals surface area contributed by atoms with Crippen molar-refractivity contribution in [2.24, 2.45) is 0 Å². The number of benzene rings is 13. The van der Waals surface area contributed by atoms with Crippen LogP contribution in [0.5, 0.6) is 0 Å². The molecule has 1 heteroatoms. The van der Waals surface area contributed by atoms with Crippen molar-refractivity contribution >= 4 is 75.8 Å². The molecule has 1 nitrogen and oxygen atoms in total. The number of furan rings is 1. The average molecular weight is 885 g/mol. The monoisotopic (exact) mass is 884 g/mol. The average Bonchev–Trinajstić information content (AvgIpc) is 4.06. The first-order valence-electron chi connectivity index (χ1n) is 24.4. The predicted molar refractivity (Wildman–Crippen MR) is 294 cm³/mol. The topological polar surface area (TPSA) is 13.1 Å². The lowest BCUT2D eigenvalue weighted by Crippen LogP contribution is -2.26. The molecule has 70 heavy (non-hydrogen) atoms. The van der Waals surface area contributed by atoms with Gasteiger partial charge in [-0.1, -0.05) is 212 Å². The van der Waals surface area contributed by atoms with Gasteiger partial charge in [-0.25, -0.2) is 0 Å². The summed E-state index contributed by atoms with van der Waals surface area (Å²) in [6.07, 6.45) is 0. The summed E-state index contributed by atoms with van der Waals surface area (Å²) in [6, 6.07) is 90.8. The summed E-state index contributed by atoms with van der Waals surface area (Å²) in [5.74, 6) is 0. The summed E-state index contributed by atoms with van der Waals surface area (Å²) in [7, 11) is 0. The van der Waals surface area contributed by atoms with Crippen LogP contribution in [0.1, 0.15) is 22.3 Å². The third-order valence-corrected chi connectivity index (χ3v) is 16.0. The maximum absolute atomic E-state index is 6.30. The molecule has 1 aromatic heterocycles. The van der Waals surface area contributed by atoms with Gasteiger partial charge in [-0.15, -0.1) is 0 Å². The van der Waals surface area contributed by atoms with Crippen LogP contribution in [0.3, 0.4) is 0 Å². The fraction of sp³-hybridized carbons (Fsp3) is 0.0145. The van der Waals surface area contributed by atoms with Gasteiger partial charge in [0.25, 0.3) is 0 Å². The summed E-state index contributed by atoms with van der Waals surface area (Å²) < 4.78 is 6.30. The van der Waals surface area contributed by atoms with Crippen molar-refractivity contribution in [1.82, 2.24) is 0 Å². The Kier molecular flexibility index (Phi) is 7.60. The van der Waals surface area contributed by atoms with Crippen molar-refractivity contribution in [3.05, 3.63) is 265 Å². The van der Waals surface area contributed by atoms with Crippen molar-refractivity contribution in [2.75, 3.05) is 0 Å². The van der Waals surface area contributed by atoms with E-state index < -0.39 is 5.41 Å². The van der Waals surface area contributed by atoms with Gasteiger partial charge in [-0.2, -0.15) is 0 Å². The molecule has 16 rings (SSSR count). The Labute approximate surface area is 404 Å². The smallest absolute Gasteiger partial charge is 0.135 e. The SMILES string of the molecule is c1cc(-c2cc3c(c4ccccc24)C2(c4ccccc4-c4ccccc42)c2c-3c3ccccc3c3ccccc23)cc(-c2c3ccccc3c(-c3ccc4oc5ccccc5c4c3)c3ccccc23)c1. The Morgan fingerprint density at radius 3 is 1.30 bits per heavy atom. The first-order valence-corrected chi connectivity index (χ1v) is 24.4. The highest BCUT2D eigenvalue weighted by atomic mass is 16.3. The van der Waals surface area contributed by atoms with Crippen LogP contribution in [0, 0.1) is 0 Å². The highest BCUT2D eigenvalue weighted by Gasteiger charge is 2.54. The third-order valence-electron chi connectivity index (χ3n) is 16.0. The number of rotatable bonds is 3. The van der Waals surface area contributed by atoms with Crippen molar-refractivity contribution in [3.8, 4) is 55.6 Å². The van der Waals surface area contributed by atoms with E-state index in [-0.39, 0.29) is 0 Å². The van der Waals surface area contributed by atoms with Gasteiger partial charge in [-0.3, -0.25) is 0 Å². The first-order chi connectivity index (χ1) is 34.8. The molecular formula is C69H40O. The van der Waals surface area contributed by atoms with Crippen LogP contribution in [0.25, 0.3) is 131 Å². The van der Waals surface area contributed by atoms with Gasteiger partial charge in [0, 0.05) is 10.8 Å². The van der Waals surface area contributed by atoms with Gasteiger partial charge in [0.2, 0.25) is 0 Å². The fourth-order valence-electron chi connectivity index (χ4n) is 13.4. The summed E-state index contributed by atoms with van der Waals surface area (Å²) in [5.41, 5.74) is 19.4. The molecule has 0 unspecified atom stereocenters. The molecular weight excluding hydrogens is 845 g/mol. The number of fused-ring (bicyclic) bond motifs is 22. The van der Waals surface area contributed by atoms with E-state index in [1.54, 1.807) is 0 Å². The lowest BCUT2D eigenvalue weighted by Gasteiger charge is -2.33. The Morgan fingerprint density at radius 1 is 0.229 bits per heavy atom. The van der Waals surface area contributed by atoms with Gasteiger partial charge >= 0.3 is 0 Å². The molecule has 2 aliphatic carbocycles. The fourth-order valence-corrected chi connectivity index (χ4v) is 13.4. The van der Waals surface area contributed by atoms with E-state index in [2.05, 4.69) is 237 Å². The largest absolute Gasteiger partial charge is 0.456 e. The highest BCUT2D eigenvalue weighted by molar-refractivity contribution is 6.24. The standard InChI is InChI=1S/C69H40O/c1-4-26-50-44(20-1)45-21-2-10-32-56(45)68-66(50)59-40-57(46-22-3-9-31-55(46)67(59)69(68)60-33-14-11-23-47(60)48-24-12-15-34-61(48)69)41-18-17-19-42(38-41)64-51-27-5-7-29-53(51)65(54-30-8-6-28-52(54)64)43-36-37-63-58(39-43)49-25-13-16-35-62(49)70-63/h1-40H. The van der Waals surface area contributed by atoms with Crippen LogP contribution in [0.4, 0.5) is 0 Å². The van der Waals surface area contributed by atoms with Crippen LogP contribution in [0.2, 0.25) is 0 Å². The molecule has 0 radical (unpaired) electrons. The van der Waals surface area contributed by atoms with Crippen molar-refractivity contribution in [2.45, 2.75) is 5.41 Å². The Morgan fingerprint density at radius 2 is 0.671 bits per heavy atom. The summed E-state index contributed by atoms with van der Waals surface area (Å²) in [5, 5.41) is 14.9. The van der Waals surface area contributed by atoms with Crippen LogP contribution in [-0.4, -0.2) is 0 Å².